The van der Waals surface area contributed by atoms with Gasteiger partial charge in [0.15, 0.2) is 3.95 Å². The highest BCUT2D eigenvalue weighted by atomic mass is 79.9. The molecule has 0 spiro atoms. The molecular formula is C10H8BrNS2. The van der Waals surface area contributed by atoms with E-state index in [9.17, 15) is 0 Å². The molecule has 0 saturated heterocycles. The fraction of sp³-hybridized carbons (Fsp3) is 0.100. The Morgan fingerprint density at radius 3 is 2.43 bits per heavy atom. The molecule has 0 aliphatic heterocycles. The van der Waals surface area contributed by atoms with Crippen LogP contribution in [-0.4, -0.2) is 4.98 Å². The van der Waals surface area contributed by atoms with Crippen molar-refractivity contribution in [2.75, 3.05) is 0 Å². The van der Waals surface area contributed by atoms with Gasteiger partial charge in [-0.15, -0.1) is 11.3 Å². The highest BCUT2D eigenvalue weighted by Crippen LogP contribution is 2.26. The van der Waals surface area contributed by atoms with Crippen molar-refractivity contribution in [3.63, 3.8) is 0 Å². The number of nitrogens with one attached hydrogen (secondary N) is 1. The Labute approximate surface area is 99.9 Å². The van der Waals surface area contributed by atoms with E-state index in [1.807, 2.05) is 12.1 Å². The zero-order chi connectivity index (χ0) is 10.1. The van der Waals surface area contributed by atoms with Crippen molar-refractivity contribution in [1.29, 1.82) is 0 Å². The summed E-state index contributed by atoms with van der Waals surface area (Å²) in [6.07, 6.45) is 0. The van der Waals surface area contributed by atoms with Crippen molar-refractivity contribution in [3.05, 3.63) is 37.6 Å². The van der Waals surface area contributed by atoms with Crippen LogP contribution >= 0.6 is 39.5 Å². The highest BCUT2D eigenvalue weighted by molar-refractivity contribution is 9.10. The number of aryl methyl sites for hydroxylation is 1. The summed E-state index contributed by atoms with van der Waals surface area (Å²) in [6, 6.07) is 8.21. The molecule has 1 N–H and O–H groups in total. The van der Waals surface area contributed by atoms with Gasteiger partial charge in [0.2, 0.25) is 0 Å². The highest BCUT2D eigenvalue weighted by Gasteiger charge is 2.03. The smallest absolute Gasteiger partial charge is 0.159 e. The third kappa shape index (κ3) is 1.97. The van der Waals surface area contributed by atoms with Crippen LogP contribution in [0.5, 0.6) is 0 Å². The molecule has 1 nitrogen and oxygen atoms in total. The van der Waals surface area contributed by atoms with Gasteiger partial charge >= 0.3 is 0 Å². The molecule has 0 unspecified atom stereocenters. The van der Waals surface area contributed by atoms with Crippen molar-refractivity contribution in [2.45, 2.75) is 6.92 Å². The van der Waals surface area contributed by atoms with E-state index < -0.39 is 0 Å². The molecule has 0 aliphatic carbocycles. The minimum Gasteiger partial charge on any atom is -0.337 e. The Morgan fingerprint density at radius 1 is 1.29 bits per heavy atom. The first-order chi connectivity index (χ1) is 6.66. The van der Waals surface area contributed by atoms with Crippen molar-refractivity contribution >= 4 is 39.5 Å². The summed E-state index contributed by atoms with van der Waals surface area (Å²) >= 11 is 10.1. The van der Waals surface area contributed by atoms with E-state index in [1.54, 1.807) is 11.3 Å². The molecule has 0 fully saturated rings. The summed E-state index contributed by atoms with van der Waals surface area (Å²) in [5, 5.41) is 0. The second-order valence-corrected chi connectivity index (χ2v) is 5.76. The lowest BCUT2D eigenvalue weighted by molar-refractivity contribution is 1.36. The number of aromatic amines is 1. The first-order valence-corrected chi connectivity index (χ1v) is 6.14. The van der Waals surface area contributed by atoms with E-state index in [-0.39, 0.29) is 0 Å². The molecule has 0 bridgehead atoms. The number of hydrogen-bond acceptors (Lipinski definition) is 2. The van der Waals surface area contributed by atoms with Crippen LogP contribution in [-0.2, 0) is 0 Å². The largest absolute Gasteiger partial charge is 0.337 e. The predicted octanol–water partition coefficient (Wildman–Crippen LogP) is 4.54. The average molecular weight is 286 g/mol. The van der Waals surface area contributed by atoms with Crippen molar-refractivity contribution in [1.82, 2.24) is 4.98 Å². The van der Waals surface area contributed by atoms with Crippen molar-refractivity contribution in [2.24, 2.45) is 0 Å². The normalized spacial score (nSPS) is 10.4. The molecule has 14 heavy (non-hydrogen) atoms. The summed E-state index contributed by atoms with van der Waals surface area (Å²) in [5.74, 6) is 0. The second kappa shape index (κ2) is 3.96. The molecule has 4 heteroatoms. The van der Waals surface area contributed by atoms with Gasteiger partial charge in [-0.05, 0) is 36.8 Å². The van der Waals surface area contributed by atoms with Gasteiger partial charge in [-0.3, -0.25) is 0 Å². The molecule has 2 aromatic rings. The summed E-state index contributed by atoms with van der Waals surface area (Å²) in [4.78, 5) is 4.43. The topological polar surface area (TPSA) is 15.8 Å². The molecule has 0 aliphatic rings. The third-order valence-electron chi connectivity index (χ3n) is 1.96. The Balaban J connectivity index is 2.54. The zero-order valence-electron chi connectivity index (χ0n) is 7.50. The number of thiazole rings is 1. The van der Waals surface area contributed by atoms with E-state index in [4.69, 9.17) is 12.2 Å². The average Bonchev–Trinajstić information content (AvgIpc) is 2.47. The molecule has 0 radical (unpaired) electrons. The summed E-state index contributed by atoms with van der Waals surface area (Å²) in [5.41, 5.74) is 2.31. The second-order valence-electron chi connectivity index (χ2n) is 2.95. The van der Waals surface area contributed by atoms with Crippen LogP contribution < -0.4 is 0 Å². The third-order valence-corrected chi connectivity index (χ3v) is 3.64. The Bertz CT molecular complexity index is 496. The fourth-order valence-corrected chi connectivity index (χ4v) is 2.74. The van der Waals surface area contributed by atoms with Crippen LogP contribution in [0.3, 0.4) is 0 Å². The Hall–Kier alpha value is -0.450. The molecular weight excluding hydrogens is 278 g/mol. The van der Waals surface area contributed by atoms with Crippen LogP contribution in [0.25, 0.3) is 11.3 Å². The number of rotatable bonds is 1. The summed E-state index contributed by atoms with van der Waals surface area (Å²) < 4.78 is 1.92. The Kier molecular flexibility index (Phi) is 2.85. The maximum Gasteiger partial charge on any atom is 0.159 e. The van der Waals surface area contributed by atoms with Gasteiger partial charge in [-0.25, -0.2) is 0 Å². The lowest BCUT2D eigenvalue weighted by Gasteiger charge is -1.99. The van der Waals surface area contributed by atoms with Crippen LogP contribution in [0.1, 0.15) is 4.88 Å². The minimum atomic E-state index is 0.834. The van der Waals surface area contributed by atoms with Gasteiger partial charge in [-0.1, -0.05) is 28.1 Å². The maximum absolute atomic E-state index is 5.10. The first kappa shape index (κ1) is 10.1. The number of benzene rings is 1. The first-order valence-electron chi connectivity index (χ1n) is 4.12. The number of hydrogen-bond donors (Lipinski definition) is 1. The fourth-order valence-electron chi connectivity index (χ4n) is 1.30. The lowest BCUT2D eigenvalue weighted by Crippen LogP contribution is -1.79. The lowest BCUT2D eigenvalue weighted by atomic mass is 10.1. The monoisotopic (exact) mass is 285 g/mol. The van der Waals surface area contributed by atoms with E-state index in [0.717, 1.165) is 14.1 Å². The van der Waals surface area contributed by atoms with Gasteiger partial charge in [0.1, 0.15) is 0 Å². The van der Waals surface area contributed by atoms with Gasteiger partial charge in [0.05, 0.1) is 5.69 Å². The summed E-state index contributed by atoms with van der Waals surface area (Å²) in [6.45, 7) is 2.08. The van der Waals surface area contributed by atoms with Crippen molar-refractivity contribution < 1.29 is 0 Å². The SMILES string of the molecule is Cc1sc(=S)[nH]c1-c1ccc(Br)cc1. The van der Waals surface area contributed by atoms with Gasteiger partial charge < -0.3 is 4.98 Å². The van der Waals surface area contributed by atoms with Crippen LogP contribution in [0.2, 0.25) is 0 Å². The molecule has 72 valence electrons. The number of aromatic nitrogens is 1. The quantitative estimate of drug-likeness (QED) is 0.761. The standard InChI is InChI=1S/C10H8BrNS2/c1-6-9(12-10(13)14-6)7-2-4-8(11)5-3-7/h2-5H,1H3,(H,12,13). The van der Waals surface area contributed by atoms with Crippen LogP contribution in [0, 0.1) is 10.9 Å². The molecule has 2 rings (SSSR count). The van der Waals surface area contributed by atoms with E-state index in [1.165, 1.54) is 10.4 Å². The predicted molar refractivity (Wildman–Crippen MR) is 67.4 cm³/mol. The molecule has 0 atom stereocenters. The van der Waals surface area contributed by atoms with Crippen molar-refractivity contribution in [3.8, 4) is 11.3 Å². The number of halogens is 1. The van der Waals surface area contributed by atoms with Gasteiger partial charge in [-0.2, -0.15) is 0 Å². The zero-order valence-corrected chi connectivity index (χ0v) is 10.7. The van der Waals surface area contributed by atoms with E-state index in [2.05, 4.69) is 40.0 Å². The Morgan fingerprint density at radius 2 is 1.93 bits per heavy atom. The number of H-pyrrole nitrogens is 1. The van der Waals surface area contributed by atoms with E-state index >= 15 is 0 Å². The molecule has 1 aromatic heterocycles. The van der Waals surface area contributed by atoms with Gasteiger partial charge in [0, 0.05) is 9.35 Å². The molecule has 1 aromatic carbocycles. The molecule has 1 heterocycles. The van der Waals surface area contributed by atoms with Crippen LogP contribution in [0.4, 0.5) is 0 Å². The van der Waals surface area contributed by atoms with Crippen LogP contribution in [0.15, 0.2) is 28.7 Å². The molecule has 0 saturated carbocycles. The van der Waals surface area contributed by atoms with E-state index in [0.29, 0.717) is 0 Å². The minimum absolute atomic E-state index is 0.834. The van der Waals surface area contributed by atoms with Gasteiger partial charge in [0.25, 0.3) is 0 Å². The molecule has 0 amide bonds. The summed E-state index contributed by atoms with van der Waals surface area (Å²) in [7, 11) is 0. The maximum atomic E-state index is 5.10.